The maximum absolute atomic E-state index is 12.9. The molecule has 28 heavy (non-hydrogen) atoms. The molecule has 0 N–H and O–H groups in total. The van der Waals surface area contributed by atoms with E-state index >= 15 is 0 Å². The Labute approximate surface area is 170 Å². The minimum absolute atomic E-state index is 0.114. The number of carbonyl (C=O) groups excluding carboxylic acids is 1. The van der Waals surface area contributed by atoms with Crippen LogP contribution in [0.5, 0.6) is 0 Å². The molecule has 2 aromatic rings. The number of hydrogen-bond donors (Lipinski definition) is 0. The van der Waals surface area contributed by atoms with Gasteiger partial charge < -0.3 is 4.74 Å². The molecule has 0 radical (unpaired) electrons. The second kappa shape index (κ2) is 8.67. The fourth-order valence-corrected chi connectivity index (χ4v) is 4.32. The molecular weight excluding hydrogens is 396 g/mol. The lowest BCUT2D eigenvalue weighted by molar-refractivity contribution is 0.0585. The van der Waals surface area contributed by atoms with Gasteiger partial charge in [-0.05, 0) is 57.4 Å². The van der Waals surface area contributed by atoms with Crippen LogP contribution in [-0.4, -0.2) is 32.2 Å². The molecule has 0 heterocycles. The number of anilines is 1. The molecule has 0 aliphatic carbocycles. The van der Waals surface area contributed by atoms with Crippen molar-refractivity contribution in [3.63, 3.8) is 0 Å². The average molecular weight is 419 g/mol. The Morgan fingerprint density at radius 2 is 1.82 bits per heavy atom. The van der Waals surface area contributed by atoms with Crippen molar-refractivity contribution in [3.05, 3.63) is 54.1 Å². The summed E-state index contributed by atoms with van der Waals surface area (Å²) in [5.41, 5.74) is 0.00113. The first kappa shape index (κ1) is 21.8. The van der Waals surface area contributed by atoms with Crippen molar-refractivity contribution in [3.8, 4) is 6.07 Å². The Kier molecular flexibility index (Phi) is 6.75. The van der Waals surface area contributed by atoms with Gasteiger partial charge in [-0.3, -0.25) is 4.90 Å². The molecule has 0 aromatic heterocycles. The Morgan fingerprint density at radius 1 is 1.18 bits per heavy atom. The van der Waals surface area contributed by atoms with E-state index in [1.54, 1.807) is 63.4 Å². The Bertz CT molecular complexity index is 991. The van der Waals surface area contributed by atoms with Crippen molar-refractivity contribution in [2.75, 3.05) is 17.0 Å². The first-order valence-corrected chi connectivity index (χ1v) is 11.3. The van der Waals surface area contributed by atoms with Gasteiger partial charge in [0.25, 0.3) is 0 Å². The predicted molar refractivity (Wildman–Crippen MR) is 110 cm³/mol. The summed E-state index contributed by atoms with van der Waals surface area (Å²) < 4.78 is 31.2. The van der Waals surface area contributed by atoms with Crippen LogP contribution in [0.15, 0.2) is 58.3 Å². The number of thioether (sulfide) groups is 1. The van der Waals surface area contributed by atoms with Gasteiger partial charge >= 0.3 is 6.09 Å². The molecule has 0 spiro atoms. The number of benzene rings is 2. The maximum atomic E-state index is 12.9. The highest BCUT2D eigenvalue weighted by atomic mass is 32.2. The summed E-state index contributed by atoms with van der Waals surface area (Å²) in [6, 6.07) is 14.7. The lowest BCUT2D eigenvalue weighted by Gasteiger charge is -2.28. The molecule has 0 aliphatic heterocycles. The van der Waals surface area contributed by atoms with E-state index < -0.39 is 27.4 Å². The van der Waals surface area contributed by atoms with Gasteiger partial charge in [-0.2, -0.15) is 5.26 Å². The zero-order valence-electron chi connectivity index (χ0n) is 16.2. The topological polar surface area (TPSA) is 87.5 Å². The van der Waals surface area contributed by atoms with Gasteiger partial charge in [0.1, 0.15) is 11.5 Å². The van der Waals surface area contributed by atoms with E-state index in [0.717, 1.165) is 4.90 Å². The summed E-state index contributed by atoms with van der Waals surface area (Å²) in [4.78, 5) is 14.7. The molecule has 0 atom stereocenters. The van der Waals surface area contributed by atoms with Crippen LogP contribution in [-0.2, 0) is 14.6 Å². The number of hydrogen-bond acceptors (Lipinski definition) is 6. The lowest BCUT2D eigenvalue weighted by atomic mass is 10.2. The van der Waals surface area contributed by atoms with Crippen LogP contribution >= 0.6 is 11.8 Å². The molecule has 2 aromatic carbocycles. The van der Waals surface area contributed by atoms with Crippen molar-refractivity contribution in [1.82, 2.24) is 0 Å². The number of rotatable bonds is 5. The summed E-state index contributed by atoms with van der Waals surface area (Å²) in [5.74, 6) is -0.578. The van der Waals surface area contributed by atoms with Crippen LogP contribution < -0.4 is 4.90 Å². The lowest BCUT2D eigenvalue weighted by Crippen LogP contribution is -2.40. The van der Waals surface area contributed by atoms with Crippen LogP contribution in [0.1, 0.15) is 26.3 Å². The van der Waals surface area contributed by atoms with Crippen LogP contribution in [0.3, 0.4) is 0 Å². The van der Waals surface area contributed by atoms with Gasteiger partial charge in [-0.1, -0.05) is 18.2 Å². The SMILES string of the molecule is CSc1cc(C#N)ccc1N(CS(=O)(=O)c1ccccc1)C(=O)OC(C)(C)C. The summed E-state index contributed by atoms with van der Waals surface area (Å²) in [5, 5.41) is 9.12. The number of carbonyl (C=O) groups is 1. The molecule has 0 bridgehead atoms. The number of sulfone groups is 1. The van der Waals surface area contributed by atoms with E-state index in [1.165, 1.54) is 23.9 Å². The monoisotopic (exact) mass is 418 g/mol. The zero-order chi connectivity index (χ0) is 20.9. The van der Waals surface area contributed by atoms with Crippen molar-refractivity contribution < 1.29 is 17.9 Å². The molecular formula is C20H22N2O4S2. The smallest absolute Gasteiger partial charge is 0.415 e. The third-order valence-corrected chi connectivity index (χ3v) is 5.97. The molecule has 2 rings (SSSR count). The van der Waals surface area contributed by atoms with Crippen LogP contribution in [0.2, 0.25) is 0 Å². The van der Waals surface area contributed by atoms with E-state index in [0.29, 0.717) is 16.1 Å². The largest absolute Gasteiger partial charge is 0.443 e. The molecule has 6 nitrogen and oxygen atoms in total. The molecule has 0 fully saturated rings. The Morgan fingerprint density at radius 3 is 2.36 bits per heavy atom. The van der Waals surface area contributed by atoms with E-state index in [-0.39, 0.29) is 4.90 Å². The molecule has 0 saturated heterocycles. The minimum Gasteiger partial charge on any atom is -0.443 e. The van der Waals surface area contributed by atoms with Gasteiger partial charge in [0.2, 0.25) is 0 Å². The van der Waals surface area contributed by atoms with Gasteiger partial charge in [-0.15, -0.1) is 11.8 Å². The standard InChI is InChI=1S/C20H22N2O4S2/c1-20(2,3)26-19(23)22(14-28(24,25)16-8-6-5-7-9-16)17-11-10-15(13-21)12-18(17)27-4/h5-12H,14H2,1-4H3. The van der Waals surface area contributed by atoms with Crippen molar-refractivity contribution >= 4 is 33.4 Å². The highest BCUT2D eigenvalue weighted by Crippen LogP contribution is 2.32. The molecule has 148 valence electrons. The second-order valence-corrected chi connectivity index (χ2v) is 9.77. The minimum atomic E-state index is -3.80. The fourth-order valence-electron chi connectivity index (χ4n) is 2.38. The Hall–Kier alpha value is -2.50. The molecule has 0 saturated carbocycles. The third kappa shape index (κ3) is 5.50. The summed E-state index contributed by atoms with van der Waals surface area (Å²) >= 11 is 1.32. The van der Waals surface area contributed by atoms with Gasteiger partial charge in [-0.25, -0.2) is 13.2 Å². The zero-order valence-corrected chi connectivity index (χ0v) is 17.8. The van der Waals surface area contributed by atoms with Crippen molar-refractivity contribution in [1.29, 1.82) is 5.26 Å². The van der Waals surface area contributed by atoms with Crippen molar-refractivity contribution in [2.24, 2.45) is 0 Å². The summed E-state index contributed by atoms with van der Waals surface area (Å²) in [7, 11) is -3.80. The number of ether oxygens (including phenoxy) is 1. The van der Waals surface area contributed by atoms with Gasteiger partial charge in [0.15, 0.2) is 9.84 Å². The first-order valence-electron chi connectivity index (χ1n) is 8.44. The highest BCUT2D eigenvalue weighted by Gasteiger charge is 2.30. The first-order chi connectivity index (χ1) is 13.1. The summed E-state index contributed by atoms with van der Waals surface area (Å²) in [6.45, 7) is 5.13. The fraction of sp³-hybridized carbons (Fsp3) is 0.300. The second-order valence-electron chi connectivity index (χ2n) is 6.96. The summed E-state index contributed by atoms with van der Waals surface area (Å²) in [6.07, 6.45) is 1.02. The molecule has 1 amide bonds. The normalized spacial score (nSPS) is 11.5. The van der Waals surface area contributed by atoms with Gasteiger partial charge in [0.05, 0.1) is 22.2 Å². The van der Waals surface area contributed by atoms with Crippen LogP contribution in [0.25, 0.3) is 0 Å². The quantitative estimate of drug-likeness (QED) is 0.667. The van der Waals surface area contributed by atoms with Gasteiger partial charge in [0, 0.05) is 4.90 Å². The van der Waals surface area contributed by atoms with Crippen LogP contribution in [0.4, 0.5) is 10.5 Å². The van der Waals surface area contributed by atoms with E-state index in [4.69, 9.17) is 10.00 Å². The van der Waals surface area contributed by atoms with E-state index in [1.807, 2.05) is 6.07 Å². The molecule has 8 heteroatoms. The predicted octanol–water partition coefficient (Wildman–Crippen LogP) is 4.45. The number of nitriles is 1. The van der Waals surface area contributed by atoms with Crippen molar-refractivity contribution in [2.45, 2.75) is 36.2 Å². The van der Waals surface area contributed by atoms with E-state index in [2.05, 4.69) is 0 Å². The maximum Gasteiger partial charge on any atom is 0.415 e. The highest BCUT2D eigenvalue weighted by molar-refractivity contribution is 7.98. The third-order valence-electron chi connectivity index (χ3n) is 3.61. The Balaban J connectivity index is 2.52. The van der Waals surface area contributed by atoms with E-state index in [9.17, 15) is 13.2 Å². The molecule has 0 aliphatic rings. The van der Waals surface area contributed by atoms with Crippen LogP contribution in [0, 0.1) is 11.3 Å². The molecule has 0 unspecified atom stereocenters. The number of nitrogens with zero attached hydrogens (tertiary/aromatic N) is 2. The number of amides is 1. The average Bonchev–Trinajstić information content (AvgIpc) is 2.65.